The molecule has 0 radical (unpaired) electrons. The van der Waals surface area contributed by atoms with Gasteiger partial charge in [0.15, 0.2) is 6.10 Å². The van der Waals surface area contributed by atoms with Gasteiger partial charge in [-0.2, -0.15) is 0 Å². The smallest absolute Gasteiger partial charge is 0.349 e. The van der Waals surface area contributed by atoms with Gasteiger partial charge in [-0.15, -0.1) is 11.3 Å². The molecule has 1 aliphatic carbocycles. The molecule has 0 fully saturated rings. The van der Waals surface area contributed by atoms with Gasteiger partial charge in [0.25, 0.3) is 5.91 Å². The third-order valence-electron chi connectivity index (χ3n) is 4.46. The molecule has 1 N–H and O–H groups in total. The lowest BCUT2D eigenvalue weighted by molar-refractivity contribution is -0.123. The van der Waals surface area contributed by atoms with Crippen LogP contribution in [-0.4, -0.2) is 25.1 Å². The first kappa shape index (κ1) is 18.5. The van der Waals surface area contributed by atoms with Gasteiger partial charge in [0, 0.05) is 4.88 Å². The van der Waals surface area contributed by atoms with Crippen molar-refractivity contribution >= 4 is 28.9 Å². The minimum absolute atomic E-state index is 0.386. The number of amides is 1. The molecule has 2 aromatic rings. The molecule has 6 heteroatoms. The summed E-state index contributed by atoms with van der Waals surface area (Å²) in [5.41, 5.74) is 2.80. The number of carbonyl (C=O) groups is 2. The molecule has 1 amide bonds. The van der Waals surface area contributed by atoms with Crippen LogP contribution >= 0.6 is 11.3 Å². The summed E-state index contributed by atoms with van der Waals surface area (Å²) in [5, 5.41) is 2.77. The van der Waals surface area contributed by atoms with E-state index in [0.29, 0.717) is 16.3 Å². The van der Waals surface area contributed by atoms with Crippen LogP contribution in [0.2, 0.25) is 0 Å². The highest BCUT2D eigenvalue weighted by Gasteiger charge is 2.23. The number of thiophene rings is 1. The fourth-order valence-corrected chi connectivity index (χ4v) is 4.15. The molecule has 0 aliphatic heterocycles. The van der Waals surface area contributed by atoms with Gasteiger partial charge in [0.1, 0.15) is 10.6 Å². The maximum atomic E-state index is 12.4. The van der Waals surface area contributed by atoms with E-state index in [9.17, 15) is 9.59 Å². The maximum Gasteiger partial charge on any atom is 0.349 e. The molecule has 1 aromatic carbocycles. The van der Waals surface area contributed by atoms with E-state index in [2.05, 4.69) is 5.32 Å². The van der Waals surface area contributed by atoms with Gasteiger partial charge in [0.2, 0.25) is 0 Å². The monoisotopic (exact) mass is 373 g/mol. The summed E-state index contributed by atoms with van der Waals surface area (Å²) in [7, 11) is 1.54. The van der Waals surface area contributed by atoms with Gasteiger partial charge < -0.3 is 14.8 Å². The highest BCUT2D eigenvalue weighted by molar-refractivity contribution is 7.14. The highest BCUT2D eigenvalue weighted by atomic mass is 32.1. The number of nitrogens with one attached hydrogen (secondary N) is 1. The Morgan fingerprint density at radius 1 is 1.19 bits per heavy atom. The summed E-state index contributed by atoms with van der Waals surface area (Å²) in [6.07, 6.45) is 3.47. The maximum absolute atomic E-state index is 12.4. The van der Waals surface area contributed by atoms with Crippen molar-refractivity contribution in [3.63, 3.8) is 0 Å². The molecular formula is C20H23NO4S. The SMILES string of the molecule is COc1ccc(C)cc1NC(=O)[C@H](C)OC(=O)c1cc2c(s1)CCCC2. The molecule has 138 valence electrons. The molecule has 0 saturated carbocycles. The average Bonchev–Trinajstić information content (AvgIpc) is 3.06. The first-order chi connectivity index (χ1) is 12.5. The number of esters is 1. The molecular weight excluding hydrogens is 350 g/mol. The Kier molecular flexibility index (Phi) is 5.61. The van der Waals surface area contributed by atoms with E-state index in [0.717, 1.165) is 24.8 Å². The fraction of sp³-hybridized carbons (Fsp3) is 0.400. The van der Waals surface area contributed by atoms with Crippen molar-refractivity contribution in [1.82, 2.24) is 0 Å². The molecule has 1 aliphatic rings. The van der Waals surface area contributed by atoms with Crippen molar-refractivity contribution in [1.29, 1.82) is 0 Å². The predicted octanol–water partition coefficient (Wildman–Crippen LogP) is 4.13. The third kappa shape index (κ3) is 4.07. The van der Waals surface area contributed by atoms with Crippen LogP contribution in [0.4, 0.5) is 5.69 Å². The Labute approximate surface area is 157 Å². The topological polar surface area (TPSA) is 64.6 Å². The Morgan fingerprint density at radius 3 is 2.69 bits per heavy atom. The van der Waals surface area contributed by atoms with Crippen molar-refractivity contribution in [2.75, 3.05) is 12.4 Å². The van der Waals surface area contributed by atoms with E-state index in [1.807, 2.05) is 25.1 Å². The normalized spacial score (nSPS) is 14.3. The van der Waals surface area contributed by atoms with Crippen molar-refractivity contribution in [2.24, 2.45) is 0 Å². The Morgan fingerprint density at radius 2 is 1.96 bits per heavy atom. The third-order valence-corrected chi connectivity index (χ3v) is 5.68. The number of anilines is 1. The van der Waals surface area contributed by atoms with E-state index in [1.165, 1.54) is 28.2 Å². The van der Waals surface area contributed by atoms with Crippen molar-refractivity contribution in [3.05, 3.63) is 45.1 Å². The van der Waals surface area contributed by atoms with Gasteiger partial charge in [-0.1, -0.05) is 6.07 Å². The van der Waals surface area contributed by atoms with Gasteiger partial charge in [0.05, 0.1) is 12.8 Å². The molecule has 5 nitrogen and oxygen atoms in total. The van der Waals surface area contributed by atoms with E-state index in [4.69, 9.17) is 9.47 Å². The summed E-state index contributed by atoms with van der Waals surface area (Å²) in [4.78, 5) is 26.6. The van der Waals surface area contributed by atoms with E-state index in [1.54, 1.807) is 20.1 Å². The van der Waals surface area contributed by atoms with Crippen LogP contribution < -0.4 is 10.1 Å². The van der Waals surface area contributed by atoms with Crippen LogP contribution in [0.25, 0.3) is 0 Å². The zero-order valence-electron chi connectivity index (χ0n) is 15.3. The summed E-state index contributed by atoms with van der Waals surface area (Å²) in [6, 6.07) is 7.42. The number of carbonyl (C=O) groups excluding carboxylic acids is 2. The number of aryl methyl sites for hydroxylation is 3. The van der Waals surface area contributed by atoms with Crippen LogP contribution in [0.5, 0.6) is 5.75 Å². The molecule has 26 heavy (non-hydrogen) atoms. The number of rotatable bonds is 5. The van der Waals surface area contributed by atoms with Crippen molar-refractivity contribution in [3.8, 4) is 5.75 Å². The summed E-state index contributed by atoms with van der Waals surface area (Å²) in [6.45, 7) is 3.50. The van der Waals surface area contributed by atoms with Gasteiger partial charge in [-0.05, 0) is 68.9 Å². The first-order valence-corrected chi connectivity index (χ1v) is 9.57. The summed E-state index contributed by atoms with van der Waals surface area (Å²) in [5.74, 6) is -0.264. The lowest BCUT2D eigenvalue weighted by Gasteiger charge is -2.15. The van der Waals surface area contributed by atoms with Crippen LogP contribution in [0.3, 0.4) is 0 Å². The number of benzene rings is 1. The van der Waals surface area contributed by atoms with E-state index < -0.39 is 12.1 Å². The van der Waals surface area contributed by atoms with Crippen LogP contribution in [0.15, 0.2) is 24.3 Å². The highest BCUT2D eigenvalue weighted by Crippen LogP contribution is 2.30. The number of hydrogen-bond donors (Lipinski definition) is 1. The fourth-order valence-electron chi connectivity index (χ4n) is 3.02. The second-order valence-corrected chi connectivity index (χ2v) is 7.64. The zero-order chi connectivity index (χ0) is 18.7. The van der Waals surface area contributed by atoms with Crippen LogP contribution in [-0.2, 0) is 22.4 Å². The lowest BCUT2D eigenvalue weighted by Crippen LogP contribution is -2.30. The van der Waals surface area contributed by atoms with Crippen molar-refractivity contribution < 1.29 is 19.1 Å². The summed E-state index contributed by atoms with van der Waals surface area (Å²) < 4.78 is 10.6. The number of ether oxygens (including phenoxy) is 2. The quantitative estimate of drug-likeness (QED) is 0.801. The number of hydrogen-bond acceptors (Lipinski definition) is 5. The average molecular weight is 373 g/mol. The molecule has 3 rings (SSSR count). The second-order valence-electron chi connectivity index (χ2n) is 6.51. The minimum Gasteiger partial charge on any atom is -0.495 e. The Hall–Kier alpha value is -2.34. The minimum atomic E-state index is -0.896. The molecule has 0 unspecified atom stereocenters. The Bertz CT molecular complexity index is 804. The molecule has 0 bridgehead atoms. The predicted molar refractivity (Wildman–Crippen MR) is 102 cm³/mol. The van der Waals surface area contributed by atoms with E-state index in [-0.39, 0.29) is 5.91 Å². The standard InChI is InChI=1S/C20H23NO4S/c1-12-8-9-16(24-3)15(10-12)21-19(22)13(2)25-20(23)18-11-14-6-4-5-7-17(14)26-18/h8-11,13H,4-7H2,1-3H3,(H,21,22)/t13-/m0/s1. The Balaban J connectivity index is 1.64. The molecule has 1 heterocycles. The molecule has 1 aromatic heterocycles. The van der Waals surface area contributed by atoms with Gasteiger partial charge in [-0.25, -0.2) is 4.79 Å². The lowest BCUT2D eigenvalue weighted by atomic mass is 9.99. The van der Waals surface area contributed by atoms with Crippen molar-refractivity contribution in [2.45, 2.75) is 45.6 Å². The van der Waals surface area contributed by atoms with Crippen LogP contribution in [0, 0.1) is 6.92 Å². The molecule has 0 spiro atoms. The molecule has 1 atom stereocenters. The van der Waals surface area contributed by atoms with Gasteiger partial charge >= 0.3 is 5.97 Å². The number of fused-ring (bicyclic) bond motifs is 1. The second kappa shape index (κ2) is 7.91. The van der Waals surface area contributed by atoms with Gasteiger partial charge in [-0.3, -0.25) is 4.79 Å². The zero-order valence-corrected chi connectivity index (χ0v) is 16.1. The summed E-state index contributed by atoms with van der Waals surface area (Å²) >= 11 is 1.48. The number of methoxy groups -OCH3 is 1. The van der Waals surface area contributed by atoms with E-state index >= 15 is 0 Å². The van der Waals surface area contributed by atoms with Crippen LogP contribution in [0.1, 0.15) is 45.4 Å². The molecule has 0 saturated heterocycles. The largest absolute Gasteiger partial charge is 0.495 e. The first-order valence-electron chi connectivity index (χ1n) is 8.76.